The van der Waals surface area contributed by atoms with Crippen LogP contribution in [0.4, 0.5) is 0 Å². The average Bonchev–Trinajstić information content (AvgIpc) is 3.42. The average molecular weight is 378 g/mol. The van der Waals surface area contributed by atoms with Gasteiger partial charge in [0.2, 0.25) is 0 Å². The van der Waals surface area contributed by atoms with Crippen LogP contribution in [-0.4, -0.2) is 55.9 Å². The second-order valence-corrected chi connectivity index (χ2v) is 7.36. The molecule has 0 bridgehead atoms. The second kappa shape index (κ2) is 6.75. The third kappa shape index (κ3) is 2.93. The number of aryl methyl sites for hydroxylation is 1. The Morgan fingerprint density at radius 2 is 2.00 bits per heavy atom. The lowest BCUT2D eigenvalue weighted by Gasteiger charge is -2.22. The molecule has 144 valence electrons. The van der Waals surface area contributed by atoms with Crippen molar-refractivity contribution < 1.29 is 4.79 Å². The van der Waals surface area contributed by atoms with Crippen molar-refractivity contribution in [2.45, 2.75) is 19.8 Å². The zero-order valence-electron chi connectivity index (χ0n) is 15.6. The number of benzene rings is 1. The summed E-state index contributed by atoms with van der Waals surface area (Å²) in [5.41, 5.74) is 4.22. The fourth-order valence-electron chi connectivity index (χ4n) is 3.83. The number of hydrogen-bond acceptors (Lipinski definition) is 5. The van der Waals surface area contributed by atoms with Crippen LogP contribution in [-0.2, 0) is 0 Å². The number of rotatable bonds is 4. The third-order valence-corrected chi connectivity index (χ3v) is 5.43. The first kappa shape index (κ1) is 16.9. The number of hydrogen-bond donors (Lipinski definition) is 5. The molecule has 1 amide bonds. The molecule has 28 heavy (non-hydrogen) atoms. The van der Waals surface area contributed by atoms with E-state index < -0.39 is 0 Å². The van der Waals surface area contributed by atoms with E-state index in [0.717, 1.165) is 47.9 Å². The molecule has 3 aromatic heterocycles. The lowest BCUT2D eigenvalue weighted by Crippen LogP contribution is -2.36. The summed E-state index contributed by atoms with van der Waals surface area (Å²) in [6, 6.07) is 3.90. The lowest BCUT2D eigenvalue weighted by molar-refractivity contribution is 0.0944. The van der Waals surface area contributed by atoms with Gasteiger partial charge >= 0.3 is 0 Å². The third-order valence-electron chi connectivity index (χ3n) is 5.43. The van der Waals surface area contributed by atoms with E-state index in [0.29, 0.717) is 35.2 Å². The summed E-state index contributed by atoms with van der Waals surface area (Å²) in [7, 11) is 0. The van der Waals surface area contributed by atoms with Crippen LogP contribution in [0.2, 0.25) is 0 Å². The summed E-state index contributed by atoms with van der Waals surface area (Å²) >= 11 is 0. The Hall–Kier alpha value is -3.20. The zero-order valence-corrected chi connectivity index (χ0v) is 15.6. The van der Waals surface area contributed by atoms with Crippen molar-refractivity contribution in [3.63, 3.8) is 0 Å². The molecule has 1 aliphatic rings. The molecule has 5 N–H and O–H groups in total. The van der Waals surface area contributed by atoms with E-state index in [-0.39, 0.29) is 5.91 Å². The fraction of sp³-hybridized carbons (Fsp3) is 0.368. The van der Waals surface area contributed by atoms with Crippen LogP contribution in [0.3, 0.4) is 0 Å². The fourth-order valence-corrected chi connectivity index (χ4v) is 3.83. The van der Waals surface area contributed by atoms with E-state index in [2.05, 4.69) is 41.0 Å². The number of fused-ring (bicyclic) bond motifs is 2. The normalized spacial score (nSPS) is 15.5. The van der Waals surface area contributed by atoms with Crippen molar-refractivity contribution in [1.82, 2.24) is 41.0 Å². The molecule has 4 aromatic rings. The van der Waals surface area contributed by atoms with Crippen LogP contribution in [0.25, 0.3) is 33.5 Å². The van der Waals surface area contributed by atoms with Crippen molar-refractivity contribution in [3.8, 4) is 11.5 Å². The maximum Gasteiger partial charge on any atom is 0.255 e. The Balaban J connectivity index is 1.44. The summed E-state index contributed by atoms with van der Waals surface area (Å²) in [4.78, 5) is 22.1. The van der Waals surface area contributed by atoms with Crippen LogP contribution in [0, 0.1) is 12.8 Å². The first-order valence-corrected chi connectivity index (χ1v) is 9.56. The Morgan fingerprint density at radius 3 is 2.82 bits per heavy atom. The molecule has 9 nitrogen and oxygen atoms in total. The first-order chi connectivity index (χ1) is 13.7. The van der Waals surface area contributed by atoms with Gasteiger partial charge in [-0.2, -0.15) is 5.10 Å². The van der Waals surface area contributed by atoms with Crippen molar-refractivity contribution in [2.75, 3.05) is 19.6 Å². The van der Waals surface area contributed by atoms with Gasteiger partial charge in [0.25, 0.3) is 5.91 Å². The standard InChI is InChI=1S/C19H22N8O/c1-10-16(19(28)21-8-11-2-4-20-5-3-11)17(27-25-10)18-23-14-6-12-9-22-26-13(12)7-15(14)24-18/h6-7,9,11,20,22,26H,2-5,8H2,1H3,(H,21,28)(H,25,27). The minimum atomic E-state index is -0.129. The summed E-state index contributed by atoms with van der Waals surface area (Å²) in [5, 5.41) is 20.7. The molecule has 0 radical (unpaired) electrons. The SMILES string of the molecule is Cc1[nH]nc(-c2nc3cc4c[nH][nH]c4cc3n2)c1C(=O)NCC1CCNCC1. The van der Waals surface area contributed by atoms with Crippen LogP contribution in [0.5, 0.6) is 0 Å². The Kier molecular flexibility index (Phi) is 4.09. The monoisotopic (exact) mass is 378 g/mol. The highest BCUT2D eigenvalue weighted by molar-refractivity contribution is 6.01. The summed E-state index contributed by atoms with van der Waals surface area (Å²) in [5.74, 6) is 0.844. The largest absolute Gasteiger partial charge is 0.352 e. The minimum Gasteiger partial charge on any atom is -0.352 e. The number of nitrogens with one attached hydrogen (secondary N) is 5. The topological polar surface area (TPSA) is 127 Å². The number of imidazole rings is 1. The van der Waals surface area contributed by atoms with Crippen molar-refractivity contribution >= 4 is 27.8 Å². The van der Waals surface area contributed by atoms with Gasteiger partial charge in [0, 0.05) is 23.8 Å². The number of amides is 1. The lowest BCUT2D eigenvalue weighted by atomic mass is 9.98. The zero-order chi connectivity index (χ0) is 19.1. The highest BCUT2D eigenvalue weighted by Gasteiger charge is 2.23. The predicted octanol–water partition coefficient (Wildman–Crippen LogP) is 1.87. The van der Waals surface area contributed by atoms with Crippen LogP contribution >= 0.6 is 0 Å². The minimum absolute atomic E-state index is 0.129. The van der Waals surface area contributed by atoms with E-state index >= 15 is 0 Å². The molecule has 1 aliphatic heterocycles. The van der Waals surface area contributed by atoms with Gasteiger partial charge in [-0.05, 0) is 50.9 Å². The highest BCUT2D eigenvalue weighted by atomic mass is 16.1. The molecule has 1 aromatic carbocycles. The number of aromatic nitrogens is 6. The number of carbonyl (C=O) groups excluding carboxylic acids is 1. The molecule has 9 heteroatoms. The van der Waals surface area contributed by atoms with Crippen LogP contribution in [0.1, 0.15) is 28.9 Å². The number of aromatic amines is 3. The Bertz CT molecular complexity index is 1100. The van der Waals surface area contributed by atoms with Gasteiger partial charge in [-0.1, -0.05) is 0 Å². The number of carbonyl (C=O) groups is 1. The smallest absolute Gasteiger partial charge is 0.255 e. The van der Waals surface area contributed by atoms with Crippen molar-refractivity contribution in [3.05, 3.63) is 29.6 Å². The van der Waals surface area contributed by atoms with E-state index in [9.17, 15) is 4.79 Å². The van der Waals surface area contributed by atoms with Gasteiger partial charge in [0.15, 0.2) is 5.82 Å². The molecular formula is C19H22N8O. The van der Waals surface area contributed by atoms with E-state index in [1.54, 1.807) is 0 Å². The molecule has 0 atom stereocenters. The number of piperidine rings is 1. The molecule has 5 rings (SSSR count). The second-order valence-electron chi connectivity index (χ2n) is 7.36. The molecule has 1 saturated heterocycles. The van der Waals surface area contributed by atoms with Gasteiger partial charge < -0.3 is 20.8 Å². The molecule has 4 heterocycles. The van der Waals surface area contributed by atoms with Gasteiger partial charge in [-0.15, -0.1) is 0 Å². The Morgan fingerprint density at radius 1 is 1.21 bits per heavy atom. The summed E-state index contributed by atoms with van der Waals surface area (Å²) < 4.78 is 0. The van der Waals surface area contributed by atoms with Gasteiger partial charge in [-0.25, -0.2) is 9.97 Å². The predicted molar refractivity (Wildman–Crippen MR) is 106 cm³/mol. The molecule has 0 unspecified atom stereocenters. The summed E-state index contributed by atoms with van der Waals surface area (Å²) in [6.07, 6.45) is 4.04. The van der Waals surface area contributed by atoms with E-state index in [4.69, 9.17) is 0 Å². The Labute approximate surface area is 160 Å². The van der Waals surface area contributed by atoms with E-state index in [1.165, 1.54) is 0 Å². The molecule has 0 spiro atoms. The molecule has 0 saturated carbocycles. The van der Waals surface area contributed by atoms with E-state index in [1.807, 2.05) is 25.3 Å². The van der Waals surface area contributed by atoms with Crippen molar-refractivity contribution in [2.24, 2.45) is 5.92 Å². The maximum absolute atomic E-state index is 12.9. The molecular weight excluding hydrogens is 356 g/mol. The molecule has 1 fully saturated rings. The van der Waals surface area contributed by atoms with Gasteiger partial charge in [0.05, 0.1) is 22.1 Å². The van der Waals surface area contributed by atoms with Crippen molar-refractivity contribution in [1.29, 1.82) is 0 Å². The number of nitrogens with zero attached hydrogens (tertiary/aromatic N) is 3. The van der Waals surface area contributed by atoms with Gasteiger partial charge in [-0.3, -0.25) is 9.89 Å². The first-order valence-electron chi connectivity index (χ1n) is 9.56. The highest BCUT2D eigenvalue weighted by Crippen LogP contribution is 2.26. The summed E-state index contributed by atoms with van der Waals surface area (Å²) in [6.45, 7) is 4.54. The maximum atomic E-state index is 12.9. The van der Waals surface area contributed by atoms with Crippen LogP contribution in [0.15, 0.2) is 18.3 Å². The quantitative estimate of drug-likeness (QED) is 0.370. The van der Waals surface area contributed by atoms with Gasteiger partial charge in [0.1, 0.15) is 5.69 Å². The number of H-pyrrole nitrogens is 3. The van der Waals surface area contributed by atoms with Crippen LogP contribution < -0.4 is 10.6 Å². The molecule has 0 aliphatic carbocycles.